The number of thiocarbonyl (C=S) groups is 1. The molecule has 0 heterocycles. The van der Waals surface area contributed by atoms with Crippen LogP contribution in [0.15, 0.2) is 48.5 Å². The summed E-state index contributed by atoms with van der Waals surface area (Å²) in [5, 5.41) is 3.00. The van der Waals surface area contributed by atoms with E-state index in [9.17, 15) is 9.59 Å². The molecule has 0 fully saturated rings. The zero-order chi connectivity index (χ0) is 21.2. The molecule has 1 atom stereocenters. The largest absolute Gasteiger partial charge is 0.491 e. The molecule has 2 rings (SSSR count). The number of nitrogens with one attached hydrogen (secondary N) is 3. The van der Waals surface area contributed by atoms with Gasteiger partial charge in [0.05, 0.1) is 6.10 Å². The Kier molecular flexibility index (Phi) is 8.69. The van der Waals surface area contributed by atoms with Crippen molar-refractivity contribution in [3.8, 4) is 11.5 Å². The topological polar surface area (TPSA) is 88.7 Å². The molecule has 0 bridgehead atoms. The number of halogens is 1. The first-order valence-electron chi connectivity index (χ1n) is 8.92. The summed E-state index contributed by atoms with van der Waals surface area (Å²) in [4.78, 5) is 24.0. The van der Waals surface area contributed by atoms with Crippen LogP contribution in [-0.2, 0) is 4.79 Å². The Labute approximate surface area is 179 Å². The van der Waals surface area contributed by atoms with Crippen molar-refractivity contribution >= 4 is 40.7 Å². The minimum Gasteiger partial charge on any atom is -0.491 e. The lowest BCUT2D eigenvalue weighted by Gasteiger charge is -2.13. The van der Waals surface area contributed by atoms with Gasteiger partial charge in [0, 0.05) is 10.6 Å². The van der Waals surface area contributed by atoms with Gasteiger partial charge in [-0.1, -0.05) is 18.5 Å². The highest BCUT2D eigenvalue weighted by atomic mass is 35.5. The molecule has 0 saturated heterocycles. The van der Waals surface area contributed by atoms with Crippen molar-refractivity contribution < 1.29 is 19.1 Å². The molecule has 0 aromatic heterocycles. The fraction of sp³-hybridized carbons (Fsp3) is 0.250. The lowest BCUT2D eigenvalue weighted by Crippen LogP contribution is -2.49. The second-order valence-corrected chi connectivity index (χ2v) is 6.90. The van der Waals surface area contributed by atoms with Crippen molar-refractivity contribution in [2.24, 2.45) is 0 Å². The zero-order valence-electron chi connectivity index (χ0n) is 16.0. The van der Waals surface area contributed by atoms with Crippen LogP contribution in [-0.4, -0.2) is 29.6 Å². The number of amides is 2. The summed E-state index contributed by atoms with van der Waals surface area (Å²) in [6, 6.07) is 13.3. The fourth-order valence-electron chi connectivity index (χ4n) is 2.05. The summed E-state index contributed by atoms with van der Waals surface area (Å²) < 4.78 is 11.0. The molecule has 3 N–H and O–H groups in total. The van der Waals surface area contributed by atoms with E-state index < -0.39 is 11.8 Å². The summed E-state index contributed by atoms with van der Waals surface area (Å²) in [7, 11) is 0. The Hall–Kier alpha value is -2.84. The van der Waals surface area contributed by atoms with Gasteiger partial charge in [0.2, 0.25) is 0 Å². The highest BCUT2D eigenvalue weighted by Gasteiger charge is 2.10. The van der Waals surface area contributed by atoms with E-state index in [4.69, 9.17) is 33.3 Å². The minimum absolute atomic E-state index is 0.0465. The first kappa shape index (κ1) is 22.4. The average molecular weight is 436 g/mol. The van der Waals surface area contributed by atoms with Gasteiger partial charge in [-0.25, -0.2) is 0 Å². The van der Waals surface area contributed by atoms with Crippen LogP contribution in [0, 0.1) is 0 Å². The monoisotopic (exact) mass is 435 g/mol. The molecule has 0 aliphatic carbocycles. The van der Waals surface area contributed by atoms with Gasteiger partial charge in [0.15, 0.2) is 11.7 Å². The quantitative estimate of drug-likeness (QED) is 0.457. The average Bonchev–Trinajstić information content (AvgIpc) is 2.72. The van der Waals surface area contributed by atoms with Crippen LogP contribution in [0.3, 0.4) is 0 Å². The third kappa shape index (κ3) is 7.97. The number of hydrazine groups is 1. The first-order valence-corrected chi connectivity index (χ1v) is 9.71. The maximum atomic E-state index is 12.2. The molecule has 2 aromatic rings. The number of benzene rings is 2. The molecular formula is C20H22ClN3O4S. The Bertz CT molecular complexity index is 844. The molecule has 2 aromatic carbocycles. The molecule has 0 aliphatic heterocycles. The Morgan fingerprint density at radius 1 is 1.03 bits per heavy atom. The van der Waals surface area contributed by atoms with E-state index >= 15 is 0 Å². The summed E-state index contributed by atoms with van der Waals surface area (Å²) in [5.74, 6) is 0.304. The van der Waals surface area contributed by atoms with Gasteiger partial charge < -0.3 is 9.47 Å². The van der Waals surface area contributed by atoms with Crippen LogP contribution in [0.4, 0.5) is 0 Å². The van der Waals surface area contributed by atoms with Crippen molar-refractivity contribution in [1.82, 2.24) is 16.2 Å². The number of ether oxygens (including phenoxy) is 2. The molecule has 154 valence electrons. The van der Waals surface area contributed by atoms with Gasteiger partial charge in [-0.2, -0.15) is 0 Å². The number of carbonyl (C=O) groups is 2. The van der Waals surface area contributed by atoms with Crippen LogP contribution in [0.25, 0.3) is 0 Å². The van der Waals surface area contributed by atoms with Gasteiger partial charge >= 0.3 is 0 Å². The fourth-order valence-corrected chi connectivity index (χ4v) is 2.32. The lowest BCUT2D eigenvalue weighted by atomic mass is 10.2. The highest BCUT2D eigenvalue weighted by molar-refractivity contribution is 7.80. The second kappa shape index (κ2) is 11.2. The Morgan fingerprint density at radius 2 is 1.66 bits per heavy atom. The van der Waals surface area contributed by atoms with Gasteiger partial charge in [0.25, 0.3) is 11.8 Å². The lowest BCUT2D eigenvalue weighted by molar-refractivity contribution is -0.123. The van der Waals surface area contributed by atoms with E-state index in [0.29, 0.717) is 22.1 Å². The SMILES string of the molecule is CCC(C)Oc1ccc(C(=O)NC(=S)NNC(=O)COc2ccc(Cl)cc2)cc1. The molecule has 9 heteroatoms. The van der Waals surface area contributed by atoms with Crippen LogP contribution in [0.5, 0.6) is 11.5 Å². The maximum absolute atomic E-state index is 12.2. The molecule has 29 heavy (non-hydrogen) atoms. The van der Waals surface area contributed by atoms with Crippen LogP contribution in [0.2, 0.25) is 5.02 Å². The first-order chi connectivity index (χ1) is 13.9. The molecular weight excluding hydrogens is 414 g/mol. The number of hydrogen-bond acceptors (Lipinski definition) is 5. The normalized spacial score (nSPS) is 11.1. The minimum atomic E-state index is -0.469. The molecule has 7 nitrogen and oxygen atoms in total. The summed E-state index contributed by atoms with van der Waals surface area (Å²) in [5.41, 5.74) is 5.20. The predicted molar refractivity (Wildman–Crippen MR) is 115 cm³/mol. The molecule has 0 radical (unpaired) electrons. The summed E-state index contributed by atoms with van der Waals surface area (Å²) in [6.07, 6.45) is 0.984. The highest BCUT2D eigenvalue weighted by Crippen LogP contribution is 2.16. The van der Waals surface area contributed by atoms with E-state index in [0.717, 1.165) is 6.42 Å². The third-order valence-electron chi connectivity index (χ3n) is 3.75. The molecule has 1 unspecified atom stereocenters. The van der Waals surface area contributed by atoms with Crippen molar-refractivity contribution in [2.75, 3.05) is 6.61 Å². The Balaban J connectivity index is 1.73. The van der Waals surface area contributed by atoms with Crippen molar-refractivity contribution in [1.29, 1.82) is 0 Å². The molecule has 0 aliphatic rings. The number of carbonyl (C=O) groups excluding carboxylic acids is 2. The van der Waals surface area contributed by atoms with E-state index in [1.54, 1.807) is 48.5 Å². The third-order valence-corrected chi connectivity index (χ3v) is 4.21. The smallest absolute Gasteiger partial charge is 0.276 e. The zero-order valence-corrected chi connectivity index (χ0v) is 17.6. The van der Waals surface area contributed by atoms with Gasteiger partial charge in [-0.05, 0) is 74.1 Å². The number of hydrogen-bond donors (Lipinski definition) is 3. The molecule has 2 amide bonds. The van der Waals surface area contributed by atoms with Gasteiger partial charge in [0.1, 0.15) is 11.5 Å². The molecule has 0 spiro atoms. The van der Waals surface area contributed by atoms with E-state index in [-0.39, 0.29) is 17.8 Å². The maximum Gasteiger partial charge on any atom is 0.276 e. The van der Waals surface area contributed by atoms with Crippen molar-refractivity contribution in [2.45, 2.75) is 26.4 Å². The molecule has 0 saturated carbocycles. The van der Waals surface area contributed by atoms with E-state index in [2.05, 4.69) is 16.2 Å². The van der Waals surface area contributed by atoms with Crippen molar-refractivity contribution in [3.05, 3.63) is 59.1 Å². The van der Waals surface area contributed by atoms with E-state index in [1.165, 1.54) is 0 Å². The van der Waals surface area contributed by atoms with Crippen LogP contribution in [0.1, 0.15) is 30.6 Å². The summed E-state index contributed by atoms with van der Waals surface area (Å²) >= 11 is 10.8. The predicted octanol–water partition coefficient (Wildman–Crippen LogP) is 3.23. The van der Waals surface area contributed by atoms with E-state index in [1.807, 2.05) is 13.8 Å². The summed E-state index contributed by atoms with van der Waals surface area (Å²) in [6.45, 7) is 3.77. The van der Waals surface area contributed by atoms with Gasteiger partial charge in [-0.3, -0.25) is 25.8 Å². The standard InChI is InChI=1S/C20H22ClN3O4S/c1-3-13(2)28-17-8-4-14(5-9-17)19(26)22-20(29)24-23-18(25)12-27-16-10-6-15(21)7-11-16/h4-11,13H,3,12H2,1-2H3,(H,23,25)(H2,22,24,26,29). The van der Waals surface area contributed by atoms with Crippen molar-refractivity contribution in [3.63, 3.8) is 0 Å². The Morgan fingerprint density at radius 3 is 2.28 bits per heavy atom. The van der Waals surface area contributed by atoms with Crippen LogP contribution >= 0.6 is 23.8 Å². The number of rotatable bonds is 7. The van der Waals surface area contributed by atoms with Crippen LogP contribution < -0.4 is 25.6 Å². The van der Waals surface area contributed by atoms with Gasteiger partial charge in [-0.15, -0.1) is 0 Å². The second-order valence-electron chi connectivity index (χ2n) is 6.06.